The fourth-order valence-corrected chi connectivity index (χ4v) is 2.40. The molecule has 0 saturated heterocycles. The summed E-state index contributed by atoms with van der Waals surface area (Å²) in [6.07, 6.45) is 1.70. The minimum absolute atomic E-state index is 0.209. The molecule has 0 atom stereocenters. The van der Waals surface area contributed by atoms with Crippen molar-refractivity contribution in [3.05, 3.63) is 10.6 Å². The lowest BCUT2D eigenvalue weighted by molar-refractivity contribution is -0.119. The Kier molecular flexibility index (Phi) is 6.10. The van der Waals surface area contributed by atoms with E-state index in [-0.39, 0.29) is 24.7 Å². The van der Waals surface area contributed by atoms with Gasteiger partial charge in [-0.25, -0.2) is 9.78 Å². The predicted octanol–water partition coefficient (Wildman–Crippen LogP) is 1.22. The number of hydrogen-bond donors (Lipinski definition) is 2. The van der Waals surface area contributed by atoms with Gasteiger partial charge in [0.15, 0.2) is 5.13 Å². The first-order valence-electron chi connectivity index (χ1n) is 6.08. The molecule has 0 unspecified atom stereocenters. The molecule has 0 aliphatic carbocycles. The van der Waals surface area contributed by atoms with Crippen LogP contribution in [0.4, 0.5) is 5.13 Å². The summed E-state index contributed by atoms with van der Waals surface area (Å²) in [7, 11) is 1.29. The molecule has 0 saturated carbocycles. The van der Waals surface area contributed by atoms with Crippen LogP contribution in [0.2, 0.25) is 0 Å². The number of nitrogens with two attached hydrogens (primary N) is 1. The zero-order chi connectivity index (χ0) is 15.1. The predicted molar refractivity (Wildman–Crippen MR) is 74.5 cm³/mol. The number of ether oxygens (including phenoxy) is 1. The third-order valence-electron chi connectivity index (χ3n) is 2.49. The molecule has 0 aliphatic heterocycles. The Morgan fingerprint density at radius 1 is 1.30 bits per heavy atom. The molecule has 7 nitrogen and oxygen atoms in total. The quantitative estimate of drug-likeness (QED) is 0.581. The number of carbonyl (C=O) groups is 3. The van der Waals surface area contributed by atoms with Gasteiger partial charge in [-0.1, -0.05) is 11.3 Å². The van der Waals surface area contributed by atoms with Crippen molar-refractivity contribution >= 4 is 34.3 Å². The first-order valence-corrected chi connectivity index (χ1v) is 6.89. The molecule has 8 heteroatoms. The molecule has 1 rings (SSSR count). The van der Waals surface area contributed by atoms with Crippen LogP contribution in [-0.2, 0) is 14.3 Å². The summed E-state index contributed by atoms with van der Waals surface area (Å²) in [5.41, 5.74) is 5.52. The lowest BCUT2D eigenvalue weighted by atomic mass is 10.2. The number of thiazole rings is 1. The smallest absolute Gasteiger partial charge is 0.350 e. The highest BCUT2D eigenvalue weighted by Gasteiger charge is 2.16. The molecule has 2 amide bonds. The number of carbonyl (C=O) groups excluding carboxylic acids is 3. The van der Waals surface area contributed by atoms with E-state index >= 15 is 0 Å². The molecule has 110 valence electrons. The van der Waals surface area contributed by atoms with E-state index in [4.69, 9.17) is 5.73 Å². The monoisotopic (exact) mass is 299 g/mol. The van der Waals surface area contributed by atoms with Crippen molar-refractivity contribution in [3.8, 4) is 0 Å². The van der Waals surface area contributed by atoms with Crippen LogP contribution in [0.1, 0.15) is 41.0 Å². The zero-order valence-corrected chi connectivity index (χ0v) is 12.2. The number of nitrogens with zero attached hydrogens (tertiary/aromatic N) is 1. The molecular formula is C12H17N3O4S. The Hall–Kier alpha value is -1.96. The van der Waals surface area contributed by atoms with Crippen molar-refractivity contribution in [1.29, 1.82) is 0 Å². The maximum absolute atomic E-state index is 11.6. The molecule has 0 aromatic carbocycles. The van der Waals surface area contributed by atoms with Crippen molar-refractivity contribution < 1.29 is 19.1 Å². The number of aromatic nitrogens is 1. The molecule has 0 fully saturated rings. The van der Waals surface area contributed by atoms with Gasteiger partial charge in [0.2, 0.25) is 11.8 Å². The molecule has 0 aliphatic rings. The standard InChI is InChI=1S/C12H17N3O4S/c1-7-10(11(18)19-2)20-12(14-7)15-9(17)6-4-3-5-8(13)16/h3-6H2,1-2H3,(H2,13,16)(H,14,15,17). The average Bonchev–Trinajstić information content (AvgIpc) is 2.74. The minimum atomic E-state index is -0.470. The number of rotatable bonds is 7. The maximum atomic E-state index is 11.6. The van der Waals surface area contributed by atoms with Gasteiger partial charge in [-0.2, -0.15) is 0 Å². The molecule has 20 heavy (non-hydrogen) atoms. The minimum Gasteiger partial charge on any atom is -0.465 e. The molecule has 1 aromatic heterocycles. The normalized spacial score (nSPS) is 10.1. The van der Waals surface area contributed by atoms with Gasteiger partial charge in [-0.05, 0) is 19.8 Å². The van der Waals surface area contributed by atoms with Crippen molar-refractivity contribution in [3.63, 3.8) is 0 Å². The van der Waals surface area contributed by atoms with E-state index in [1.807, 2.05) is 0 Å². The Morgan fingerprint density at radius 3 is 2.55 bits per heavy atom. The molecule has 1 heterocycles. The van der Waals surface area contributed by atoms with Crippen molar-refractivity contribution in [2.75, 3.05) is 12.4 Å². The van der Waals surface area contributed by atoms with E-state index in [1.165, 1.54) is 7.11 Å². The van der Waals surface area contributed by atoms with E-state index in [1.54, 1.807) is 6.92 Å². The summed E-state index contributed by atoms with van der Waals surface area (Å²) in [4.78, 5) is 38.0. The lowest BCUT2D eigenvalue weighted by Gasteiger charge is -2.00. The number of unbranched alkanes of at least 4 members (excludes halogenated alkanes) is 1. The van der Waals surface area contributed by atoms with Crippen LogP contribution < -0.4 is 11.1 Å². The van der Waals surface area contributed by atoms with Gasteiger partial charge in [0.25, 0.3) is 0 Å². The highest BCUT2D eigenvalue weighted by molar-refractivity contribution is 7.17. The van der Waals surface area contributed by atoms with Crippen LogP contribution in [0.3, 0.4) is 0 Å². The molecule has 0 bridgehead atoms. The fraction of sp³-hybridized carbons (Fsp3) is 0.500. The number of methoxy groups -OCH3 is 1. The van der Waals surface area contributed by atoms with E-state index < -0.39 is 5.97 Å². The lowest BCUT2D eigenvalue weighted by Crippen LogP contribution is -2.12. The first-order chi connectivity index (χ1) is 9.43. The van der Waals surface area contributed by atoms with Crippen LogP contribution in [0.25, 0.3) is 0 Å². The van der Waals surface area contributed by atoms with E-state index in [0.717, 1.165) is 11.3 Å². The summed E-state index contributed by atoms with van der Waals surface area (Å²) in [6, 6.07) is 0. The largest absolute Gasteiger partial charge is 0.465 e. The zero-order valence-electron chi connectivity index (χ0n) is 11.4. The van der Waals surface area contributed by atoms with E-state index in [2.05, 4.69) is 15.0 Å². The Bertz CT molecular complexity index is 513. The van der Waals surface area contributed by atoms with Crippen molar-refractivity contribution in [1.82, 2.24) is 4.98 Å². The second-order valence-electron chi connectivity index (χ2n) is 4.15. The van der Waals surface area contributed by atoms with E-state index in [9.17, 15) is 14.4 Å². The number of hydrogen-bond acceptors (Lipinski definition) is 6. The Labute approximate surface area is 120 Å². The number of nitrogens with one attached hydrogen (secondary N) is 1. The fourth-order valence-electron chi connectivity index (χ4n) is 1.50. The Balaban J connectivity index is 2.46. The second kappa shape index (κ2) is 7.59. The average molecular weight is 299 g/mol. The van der Waals surface area contributed by atoms with Crippen LogP contribution in [0.15, 0.2) is 0 Å². The van der Waals surface area contributed by atoms with Gasteiger partial charge in [-0.3, -0.25) is 9.59 Å². The SMILES string of the molecule is COC(=O)c1sc(NC(=O)CCCCC(N)=O)nc1C. The van der Waals surface area contributed by atoms with Crippen molar-refractivity contribution in [2.45, 2.75) is 32.6 Å². The third kappa shape index (κ3) is 4.96. The second-order valence-corrected chi connectivity index (χ2v) is 5.15. The number of esters is 1. The maximum Gasteiger partial charge on any atom is 0.350 e. The van der Waals surface area contributed by atoms with Gasteiger partial charge >= 0.3 is 5.97 Å². The molecule has 1 aromatic rings. The number of amides is 2. The highest BCUT2D eigenvalue weighted by Crippen LogP contribution is 2.23. The van der Waals surface area contributed by atoms with Crippen LogP contribution in [0, 0.1) is 6.92 Å². The first kappa shape index (κ1) is 16.1. The molecule has 0 radical (unpaired) electrons. The van der Waals surface area contributed by atoms with Gasteiger partial charge in [0.05, 0.1) is 12.8 Å². The molecule has 3 N–H and O–H groups in total. The summed E-state index contributed by atoms with van der Waals surface area (Å²) < 4.78 is 4.61. The van der Waals surface area contributed by atoms with Crippen LogP contribution in [-0.4, -0.2) is 29.9 Å². The van der Waals surface area contributed by atoms with Gasteiger partial charge in [-0.15, -0.1) is 0 Å². The van der Waals surface area contributed by atoms with Crippen molar-refractivity contribution in [2.24, 2.45) is 5.73 Å². The van der Waals surface area contributed by atoms with Crippen LogP contribution >= 0.6 is 11.3 Å². The van der Waals surface area contributed by atoms with Gasteiger partial charge in [0, 0.05) is 12.8 Å². The number of aryl methyl sites for hydroxylation is 1. The highest BCUT2D eigenvalue weighted by atomic mass is 32.1. The Morgan fingerprint density at radius 2 is 1.95 bits per heavy atom. The number of primary amides is 1. The molecule has 0 spiro atoms. The molecular weight excluding hydrogens is 282 g/mol. The number of anilines is 1. The topological polar surface area (TPSA) is 111 Å². The summed E-state index contributed by atoms with van der Waals surface area (Å²) >= 11 is 1.07. The van der Waals surface area contributed by atoms with Gasteiger partial charge < -0.3 is 15.8 Å². The van der Waals surface area contributed by atoms with E-state index in [0.29, 0.717) is 28.5 Å². The van der Waals surface area contributed by atoms with Gasteiger partial charge in [0.1, 0.15) is 4.88 Å². The van der Waals surface area contributed by atoms with Crippen LogP contribution in [0.5, 0.6) is 0 Å². The summed E-state index contributed by atoms with van der Waals surface area (Å²) in [5, 5.41) is 2.98. The summed E-state index contributed by atoms with van der Waals surface area (Å²) in [6.45, 7) is 1.67. The summed E-state index contributed by atoms with van der Waals surface area (Å²) in [5.74, 6) is -1.05. The third-order valence-corrected chi connectivity index (χ3v) is 3.54.